The molecule has 0 aromatic heterocycles. The van der Waals surface area contributed by atoms with Gasteiger partial charge in [0.05, 0.1) is 6.61 Å². The lowest BCUT2D eigenvalue weighted by Gasteiger charge is -2.22. The highest BCUT2D eigenvalue weighted by molar-refractivity contribution is 5.57. The van der Waals surface area contributed by atoms with Crippen molar-refractivity contribution in [2.45, 2.75) is 24.4 Å². The first-order valence-electron chi connectivity index (χ1n) is 3.46. The van der Waals surface area contributed by atoms with Gasteiger partial charge in [-0.1, -0.05) is 0 Å². The van der Waals surface area contributed by atoms with Crippen LogP contribution in [0.5, 0.6) is 0 Å². The number of rotatable bonds is 6. The fourth-order valence-electron chi connectivity index (χ4n) is 0.684. The lowest BCUT2D eigenvalue weighted by atomic mass is 10.0. The average molecular weight is 198 g/mol. The van der Waals surface area contributed by atoms with Crippen LogP contribution in [0, 0.1) is 0 Å². The van der Waals surface area contributed by atoms with E-state index in [0.717, 1.165) is 0 Å². The number of hydrogen-bond acceptors (Lipinski definition) is 6. The lowest BCUT2D eigenvalue weighted by molar-refractivity contribution is -0.220. The van der Waals surface area contributed by atoms with Crippen LogP contribution in [-0.4, -0.2) is 57.7 Å². The molecule has 13 heavy (non-hydrogen) atoms. The summed E-state index contributed by atoms with van der Waals surface area (Å²) in [5, 5.41) is 35.0. The van der Waals surface area contributed by atoms with Gasteiger partial charge in [-0.15, -0.1) is 0 Å². The van der Waals surface area contributed by atoms with Crippen LogP contribution in [0.4, 0.5) is 4.53 Å². The summed E-state index contributed by atoms with van der Waals surface area (Å²) in [5.74, 6) is 0. The van der Waals surface area contributed by atoms with Gasteiger partial charge in [0.1, 0.15) is 18.3 Å². The van der Waals surface area contributed by atoms with Gasteiger partial charge in [0.25, 0.3) is 0 Å². The van der Waals surface area contributed by atoms with Crippen LogP contribution in [0.15, 0.2) is 0 Å². The minimum Gasteiger partial charge on any atom is -0.394 e. The molecule has 0 rings (SSSR count). The van der Waals surface area contributed by atoms with Crippen molar-refractivity contribution < 1.29 is 34.7 Å². The molecule has 0 aromatic carbocycles. The Balaban J connectivity index is 4.21. The van der Waals surface area contributed by atoms with E-state index in [9.17, 15) is 9.32 Å². The normalized spacial score (nSPS) is 20.4. The van der Waals surface area contributed by atoms with E-state index in [4.69, 9.17) is 20.4 Å². The van der Waals surface area contributed by atoms with Gasteiger partial charge >= 0.3 is 0 Å². The molecule has 0 aliphatic rings. The highest BCUT2D eigenvalue weighted by Crippen LogP contribution is 2.06. The van der Waals surface area contributed by atoms with E-state index in [2.05, 4.69) is 4.94 Å². The molecule has 0 aliphatic carbocycles. The molecule has 0 aliphatic heterocycles. The van der Waals surface area contributed by atoms with Gasteiger partial charge in [0.15, 0.2) is 12.4 Å². The van der Waals surface area contributed by atoms with Crippen LogP contribution in [0.1, 0.15) is 0 Å². The number of aliphatic hydroxyl groups excluding tert-OH is 4. The second kappa shape index (κ2) is 5.95. The first-order chi connectivity index (χ1) is 6.08. The standard InChI is InChI=1S/C6H11FO6/c7-13-4(2-9)6(12)5(11)3(10)1-8/h2-6,8,10-12H,1H2/t3-,4+,5+,6-/m1/s1. The van der Waals surface area contributed by atoms with Gasteiger partial charge in [0.2, 0.25) is 0 Å². The van der Waals surface area contributed by atoms with Crippen LogP contribution in [0.3, 0.4) is 0 Å². The van der Waals surface area contributed by atoms with Crippen molar-refractivity contribution in [2.75, 3.05) is 6.61 Å². The number of carbonyl (C=O) groups excluding carboxylic acids is 1. The minimum absolute atomic E-state index is 0.0714. The molecule has 0 spiro atoms. The zero-order chi connectivity index (χ0) is 10.4. The molecule has 0 heterocycles. The number of aliphatic hydroxyl groups is 4. The molecule has 0 bridgehead atoms. The molecule has 7 heteroatoms. The van der Waals surface area contributed by atoms with Crippen molar-refractivity contribution >= 4 is 6.29 Å². The third-order valence-corrected chi connectivity index (χ3v) is 1.50. The van der Waals surface area contributed by atoms with Crippen molar-refractivity contribution in [3.8, 4) is 0 Å². The maximum atomic E-state index is 11.5. The van der Waals surface area contributed by atoms with Crippen LogP contribution in [0.25, 0.3) is 0 Å². The quantitative estimate of drug-likeness (QED) is 0.352. The fraction of sp³-hybridized carbons (Fsp3) is 0.833. The van der Waals surface area contributed by atoms with Gasteiger partial charge < -0.3 is 25.2 Å². The van der Waals surface area contributed by atoms with Gasteiger partial charge in [-0.25, -0.2) is 0 Å². The van der Waals surface area contributed by atoms with Gasteiger partial charge in [-0.05, 0) is 4.53 Å². The van der Waals surface area contributed by atoms with E-state index in [1.165, 1.54) is 0 Å². The van der Waals surface area contributed by atoms with E-state index in [0.29, 0.717) is 0 Å². The predicted octanol–water partition coefficient (Wildman–Crippen LogP) is -2.47. The van der Waals surface area contributed by atoms with Gasteiger partial charge in [0, 0.05) is 0 Å². The van der Waals surface area contributed by atoms with Crippen LogP contribution in [0.2, 0.25) is 0 Å². The summed E-state index contributed by atoms with van der Waals surface area (Å²) in [4.78, 5) is 13.0. The summed E-state index contributed by atoms with van der Waals surface area (Å²) in [7, 11) is 0. The topological polar surface area (TPSA) is 107 Å². The Bertz CT molecular complexity index is 154. The Morgan fingerprint density at radius 1 is 1.31 bits per heavy atom. The summed E-state index contributed by atoms with van der Waals surface area (Å²) in [6, 6.07) is 0. The molecule has 6 nitrogen and oxygen atoms in total. The summed E-state index contributed by atoms with van der Waals surface area (Å²) in [6.07, 6.45) is -7.39. The summed E-state index contributed by atoms with van der Waals surface area (Å²) < 4.78 is 11.5. The third-order valence-electron chi connectivity index (χ3n) is 1.50. The molecule has 78 valence electrons. The Morgan fingerprint density at radius 3 is 2.15 bits per heavy atom. The van der Waals surface area contributed by atoms with Crippen molar-refractivity contribution in [1.82, 2.24) is 0 Å². The third kappa shape index (κ3) is 3.33. The number of aldehydes is 1. The molecule has 0 amide bonds. The SMILES string of the molecule is O=C[C@H](OF)[C@@H](O)[C@@H](O)[C@H](O)CO. The van der Waals surface area contributed by atoms with Gasteiger partial charge in [-0.2, -0.15) is 4.94 Å². The lowest BCUT2D eigenvalue weighted by Crippen LogP contribution is -2.46. The molecule has 0 unspecified atom stereocenters. The number of carbonyl (C=O) groups is 1. The molecule has 0 radical (unpaired) electrons. The van der Waals surface area contributed by atoms with Crippen molar-refractivity contribution in [3.05, 3.63) is 0 Å². The molecular weight excluding hydrogens is 187 g/mol. The van der Waals surface area contributed by atoms with E-state index in [1.54, 1.807) is 0 Å². The Hall–Kier alpha value is -0.600. The highest BCUT2D eigenvalue weighted by atomic mass is 19.3. The minimum atomic E-state index is -1.93. The van der Waals surface area contributed by atoms with Crippen molar-refractivity contribution in [1.29, 1.82) is 0 Å². The van der Waals surface area contributed by atoms with Crippen LogP contribution < -0.4 is 0 Å². The first kappa shape index (κ1) is 12.4. The summed E-state index contributed by atoms with van der Waals surface area (Å²) >= 11 is 0. The molecule has 4 atom stereocenters. The maximum absolute atomic E-state index is 11.5. The largest absolute Gasteiger partial charge is 0.394 e. The van der Waals surface area contributed by atoms with E-state index >= 15 is 0 Å². The van der Waals surface area contributed by atoms with Crippen molar-refractivity contribution in [2.24, 2.45) is 0 Å². The van der Waals surface area contributed by atoms with Gasteiger partial charge in [-0.3, -0.25) is 0 Å². The molecular formula is C6H11FO6. The summed E-state index contributed by atoms with van der Waals surface area (Å²) in [5.41, 5.74) is 0. The Kier molecular flexibility index (Phi) is 5.67. The Morgan fingerprint density at radius 2 is 1.85 bits per heavy atom. The first-order valence-corrected chi connectivity index (χ1v) is 3.46. The van der Waals surface area contributed by atoms with E-state index in [1.807, 2.05) is 0 Å². The number of halogens is 1. The number of hydrogen-bond donors (Lipinski definition) is 4. The second-order valence-electron chi connectivity index (χ2n) is 2.42. The fourth-order valence-corrected chi connectivity index (χ4v) is 0.684. The molecule has 0 saturated heterocycles. The molecule has 0 aromatic rings. The Labute approximate surface area is 73.1 Å². The zero-order valence-electron chi connectivity index (χ0n) is 6.58. The average Bonchev–Trinajstić information content (AvgIpc) is 2.17. The predicted molar refractivity (Wildman–Crippen MR) is 37.2 cm³/mol. The van der Waals surface area contributed by atoms with Crippen LogP contribution >= 0.6 is 0 Å². The van der Waals surface area contributed by atoms with Crippen LogP contribution in [-0.2, 0) is 9.74 Å². The smallest absolute Gasteiger partial charge is 0.182 e. The maximum Gasteiger partial charge on any atom is 0.182 e. The van der Waals surface area contributed by atoms with E-state index in [-0.39, 0.29) is 6.29 Å². The van der Waals surface area contributed by atoms with E-state index < -0.39 is 31.0 Å². The molecule has 0 saturated carbocycles. The molecule has 4 N–H and O–H groups in total. The van der Waals surface area contributed by atoms with Crippen molar-refractivity contribution in [3.63, 3.8) is 0 Å². The second-order valence-corrected chi connectivity index (χ2v) is 2.42. The summed E-state index contributed by atoms with van der Waals surface area (Å²) in [6.45, 7) is -0.823. The molecule has 0 fully saturated rings. The highest BCUT2D eigenvalue weighted by Gasteiger charge is 2.32. The monoisotopic (exact) mass is 198 g/mol. The zero-order valence-corrected chi connectivity index (χ0v) is 6.58.